The number of nitrogens with zero attached hydrogens (tertiary/aromatic N) is 1. The molecule has 1 atom stereocenters. The maximum Gasteiger partial charge on any atom is 0.0468 e. The molecule has 1 saturated heterocycles. The second kappa shape index (κ2) is 6.65. The lowest BCUT2D eigenvalue weighted by Crippen LogP contribution is -2.60. The highest BCUT2D eigenvalue weighted by Crippen LogP contribution is 2.32. The quantitative estimate of drug-likeness (QED) is 0.879. The Hall–Kier alpha value is -0.280. The summed E-state index contributed by atoms with van der Waals surface area (Å²) in [5.41, 5.74) is 1.41. The zero-order chi connectivity index (χ0) is 14.8. The SMILES string of the molecule is CCC1(CC)CN(C(C)c2ccc(Cl)cc2Cl)CCN1. The molecule has 0 aromatic heterocycles. The molecule has 1 unspecified atom stereocenters. The van der Waals surface area contributed by atoms with Crippen molar-refractivity contribution >= 4 is 23.2 Å². The predicted molar refractivity (Wildman–Crippen MR) is 87.8 cm³/mol. The fraction of sp³-hybridized carbons (Fsp3) is 0.625. The van der Waals surface area contributed by atoms with Gasteiger partial charge < -0.3 is 5.32 Å². The van der Waals surface area contributed by atoms with Gasteiger partial charge >= 0.3 is 0 Å². The highest BCUT2D eigenvalue weighted by Gasteiger charge is 2.34. The zero-order valence-electron chi connectivity index (χ0n) is 12.5. The van der Waals surface area contributed by atoms with E-state index in [0.29, 0.717) is 11.1 Å². The van der Waals surface area contributed by atoms with Crippen LogP contribution in [-0.2, 0) is 0 Å². The average Bonchev–Trinajstić information content (AvgIpc) is 2.46. The minimum absolute atomic E-state index is 0.241. The molecule has 0 spiro atoms. The third kappa shape index (κ3) is 3.30. The fourth-order valence-electron chi connectivity index (χ4n) is 3.08. The van der Waals surface area contributed by atoms with E-state index in [9.17, 15) is 0 Å². The first-order valence-electron chi connectivity index (χ1n) is 7.45. The summed E-state index contributed by atoms with van der Waals surface area (Å²) in [6, 6.07) is 6.13. The Kier molecular flexibility index (Phi) is 5.36. The average molecular weight is 315 g/mol. The molecule has 4 heteroatoms. The molecule has 112 valence electrons. The van der Waals surface area contributed by atoms with Crippen LogP contribution in [0.5, 0.6) is 0 Å². The lowest BCUT2D eigenvalue weighted by molar-refractivity contribution is 0.0920. The minimum Gasteiger partial charge on any atom is -0.309 e. The van der Waals surface area contributed by atoms with Crippen molar-refractivity contribution in [3.05, 3.63) is 33.8 Å². The molecule has 0 saturated carbocycles. The molecule has 1 aromatic carbocycles. The molecule has 0 amide bonds. The molecule has 0 radical (unpaired) electrons. The van der Waals surface area contributed by atoms with Crippen molar-refractivity contribution in [1.82, 2.24) is 10.2 Å². The Morgan fingerprint density at radius 3 is 2.60 bits per heavy atom. The van der Waals surface area contributed by atoms with Gasteiger partial charge in [-0.3, -0.25) is 4.90 Å². The molecule has 1 aliphatic heterocycles. The van der Waals surface area contributed by atoms with Gasteiger partial charge in [-0.05, 0) is 37.5 Å². The highest BCUT2D eigenvalue weighted by atomic mass is 35.5. The lowest BCUT2D eigenvalue weighted by atomic mass is 9.89. The number of hydrogen-bond acceptors (Lipinski definition) is 2. The number of nitrogens with one attached hydrogen (secondary N) is 1. The molecule has 2 nitrogen and oxygen atoms in total. The van der Waals surface area contributed by atoms with Gasteiger partial charge in [-0.15, -0.1) is 0 Å². The lowest BCUT2D eigenvalue weighted by Gasteiger charge is -2.45. The van der Waals surface area contributed by atoms with Crippen molar-refractivity contribution in [3.63, 3.8) is 0 Å². The molecule has 0 aliphatic carbocycles. The van der Waals surface area contributed by atoms with Crippen LogP contribution < -0.4 is 5.32 Å². The smallest absolute Gasteiger partial charge is 0.0468 e. The van der Waals surface area contributed by atoms with Crippen LogP contribution >= 0.6 is 23.2 Å². The van der Waals surface area contributed by atoms with E-state index in [4.69, 9.17) is 23.2 Å². The van der Waals surface area contributed by atoms with Crippen LogP contribution in [0.25, 0.3) is 0 Å². The third-order valence-electron chi connectivity index (χ3n) is 4.72. The number of rotatable bonds is 4. The van der Waals surface area contributed by atoms with Crippen LogP contribution in [0.4, 0.5) is 0 Å². The van der Waals surface area contributed by atoms with Crippen LogP contribution in [0.2, 0.25) is 10.0 Å². The van der Waals surface area contributed by atoms with Gasteiger partial charge in [0.25, 0.3) is 0 Å². The second-order valence-electron chi connectivity index (χ2n) is 5.73. The summed E-state index contributed by atoms with van der Waals surface area (Å²) < 4.78 is 0. The summed E-state index contributed by atoms with van der Waals surface area (Å²) in [5, 5.41) is 5.16. The fourth-order valence-corrected chi connectivity index (χ4v) is 3.65. The minimum atomic E-state index is 0.241. The van der Waals surface area contributed by atoms with Crippen molar-refractivity contribution < 1.29 is 0 Å². The van der Waals surface area contributed by atoms with Gasteiger partial charge in [0.1, 0.15) is 0 Å². The Morgan fingerprint density at radius 1 is 1.30 bits per heavy atom. The molecule has 0 bridgehead atoms. The van der Waals surface area contributed by atoms with E-state index in [1.807, 2.05) is 12.1 Å². The molecule has 1 heterocycles. The predicted octanol–water partition coefficient (Wildman–Crippen LogP) is 4.52. The molecule has 1 fully saturated rings. The van der Waals surface area contributed by atoms with Gasteiger partial charge in [-0.25, -0.2) is 0 Å². The maximum atomic E-state index is 6.36. The molecular formula is C16H24Cl2N2. The molecule has 1 aliphatic rings. The first-order chi connectivity index (χ1) is 9.51. The van der Waals surface area contributed by atoms with Crippen LogP contribution in [0.15, 0.2) is 18.2 Å². The number of benzene rings is 1. The molecular weight excluding hydrogens is 291 g/mol. The van der Waals surface area contributed by atoms with Crippen molar-refractivity contribution in [1.29, 1.82) is 0 Å². The summed E-state index contributed by atoms with van der Waals surface area (Å²) in [5.74, 6) is 0. The Labute approximate surface area is 132 Å². The first kappa shape index (κ1) is 16.1. The Morgan fingerprint density at radius 2 is 2.00 bits per heavy atom. The van der Waals surface area contributed by atoms with E-state index < -0.39 is 0 Å². The first-order valence-corrected chi connectivity index (χ1v) is 8.21. The highest BCUT2D eigenvalue weighted by molar-refractivity contribution is 6.35. The maximum absolute atomic E-state index is 6.36. The van der Waals surface area contributed by atoms with E-state index in [1.54, 1.807) is 0 Å². The largest absolute Gasteiger partial charge is 0.309 e. The second-order valence-corrected chi connectivity index (χ2v) is 6.57. The normalized spacial score (nSPS) is 20.9. The van der Waals surface area contributed by atoms with E-state index >= 15 is 0 Å². The van der Waals surface area contributed by atoms with Gasteiger partial charge in [0.05, 0.1) is 0 Å². The number of hydrogen-bond donors (Lipinski definition) is 1. The summed E-state index contributed by atoms with van der Waals surface area (Å²) in [6.07, 6.45) is 2.31. The van der Waals surface area contributed by atoms with Crippen LogP contribution in [0, 0.1) is 0 Å². The summed E-state index contributed by atoms with van der Waals surface area (Å²) >= 11 is 12.3. The van der Waals surface area contributed by atoms with Gasteiger partial charge in [-0.2, -0.15) is 0 Å². The van der Waals surface area contributed by atoms with E-state index in [-0.39, 0.29) is 5.54 Å². The van der Waals surface area contributed by atoms with E-state index in [2.05, 4.69) is 37.1 Å². The van der Waals surface area contributed by atoms with Gasteiger partial charge in [0.15, 0.2) is 0 Å². The molecule has 1 N–H and O–H groups in total. The summed E-state index contributed by atoms with van der Waals surface area (Å²) in [6.45, 7) is 9.93. The van der Waals surface area contributed by atoms with Crippen LogP contribution in [0.1, 0.15) is 45.2 Å². The Balaban J connectivity index is 2.18. The molecule has 20 heavy (non-hydrogen) atoms. The third-order valence-corrected chi connectivity index (χ3v) is 5.28. The molecule has 2 rings (SSSR count). The van der Waals surface area contributed by atoms with E-state index in [0.717, 1.165) is 37.5 Å². The zero-order valence-corrected chi connectivity index (χ0v) is 14.1. The van der Waals surface area contributed by atoms with Crippen LogP contribution in [0.3, 0.4) is 0 Å². The van der Waals surface area contributed by atoms with Gasteiger partial charge in [0.2, 0.25) is 0 Å². The van der Waals surface area contributed by atoms with Crippen molar-refractivity contribution in [2.45, 2.75) is 45.2 Å². The standard InChI is InChI=1S/C16H24Cl2N2/c1-4-16(5-2)11-20(9-8-19-16)12(3)14-7-6-13(17)10-15(14)18/h6-7,10,12,19H,4-5,8-9,11H2,1-3H3. The summed E-state index contributed by atoms with van der Waals surface area (Å²) in [7, 11) is 0. The van der Waals surface area contributed by atoms with Crippen molar-refractivity contribution in [2.75, 3.05) is 19.6 Å². The monoisotopic (exact) mass is 314 g/mol. The van der Waals surface area contributed by atoms with E-state index in [1.165, 1.54) is 5.56 Å². The van der Waals surface area contributed by atoms with Gasteiger partial charge in [0, 0.05) is 41.3 Å². The van der Waals surface area contributed by atoms with Gasteiger partial charge in [-0.1, -0.05) is 43.1 Å². The van der Waals surface area contributed by atoms with Crippen LogP contribution in [-0.4, -0.2) is 30.1 Å². The summed E-state index contributed by atoms with van der Waals surface area (Å²) in [4.78, 5) is 2.53. The number of piperazine rings is 1. The molecule has 1 aromatic rings. The van der Waals surface area contributed by atoms with Crippen molar-refractivity contribution in [2.24, 2.45) is 0 Å². The van der Waals surface area contributed by atoms with Crippen molar-refractivity contribution in [3.8, 4) is 0 Å². The Bertz CT molecular complexity index is 458. The number of halogens is 2. The topological polar surface area (TPSA) is 15.3 Å².